The molecule has 126 valence electrons. The van der Waals surface area contributed by atoms with Crippen molar-refractivity contribution in [3.63, 3.8) is 0 Å². The van der Waals surface area contributed by atoms with E-state index in [2.05, 4.69) is 4.72 Å². The van der Waals surface area contributed by atoms with Gasteiger partial charge in [-0.3, -0.25) is 9.59 Å². The molecule has 0 aromatic heterocycles. The zero-order valence-electron chi connectivity index (χ0n) is 13.6. The minimum absolute atomic E-state index is 0.0332. The monoisotopic (exact) mass is 338 g/mol. The van der Waals surface area contributed by atoms with Gasteiger partial charge in [-0.15, -0.1) is 0 Å². The predicted molar refractivity (Wildman–Crippen MR) is 86.2 cm³/mol. The Morgan fingerprint density at radius 1 is 1.26 bits per heavy atom. The van der Waals surface area contributed by atoms with Crippen LogP contribution in [0.1, 0.15) is 38.7 Å². The maximum Gasteiger partial charge on any atom is 0.264 e. The van der Waals surface area contributed by atoms with Gasteiger partial charge in [0.15, 0.2) is 0 Å². The molecule has 0 radical (unpaired) electrons. The van der Waals surface area contributed by atoms with E-state index in [0.717, 1.165) is 5.56 Å². The summed E-state index contributed by atoms with van der Waals surface area (Å²) in [5.41, 5.74) is -0.165. The van der Waals surface area contributed by atoms with Crippen molar-refractivity contribution < 1.29 is 18.0 Å². The quantitative estimate of drug-likeness (QED) is 0.884. The van der Waals surface area contributed by atoms with E-state index < -0.39 is 21.5 Å². The molecule has 0 spiro atoms. The molecule has 2 rings (SSSR count). The van der Waals surface area contributed by atoms with Crippen LogP contribution in [0.25, 0.3) is 0 Å². The maximum atomic E-state index is 12.4. The molecular formula is C16H22N2O4S. The number of hydrogen-bond donors (Lipinski definition) is 1. The van der Waals surface area contributed by atoms with Crippen LogP contribution in [0.15, 0.2) is 29.2 Å². The van der Waals surface area contributed by atoms with E-state index in [-0.39, 0.29) is 10.8 Å². The Kier molecular flexibility index (Phi) is 4.79. The molecule has 1 unspecified atom stereocenters. The van der Waals surface area contributed by atoms with Gasteiger partial charge < -0.3 is 4.90 Å². The minimum atomic E-state index is -3.93. The third-order valence-corrected chi connectivity index (χ3v) is 5.58. The summed E-state index contributed by atoms with van der Waals surface area (Å²) in [5, 5.41) is 0. The number of rotatable bonds is 5. The molecule has 23 heavy (non-hydrogen) atoms. The summed E-state index contributed by atoms with van der Waals surface area (Å²) in [6.45, 7) is 5.82. The molecule has 7 heteroatoms. The summed E-state index contributed by atoms with van der Waals surface area (Å²) in [6, 6.07) is 6.24. The lowest BCUT2D eigenvalue weighted by Gasteiger charge is -2.48. The highest BCUT2D eigenvalue weighted by Crippen LogP contribution is 2.31. The number of likely N-dealkylation sites (tertiary alicyclic amines) is 1. The Morgan fingerprint density at radius 2 is 1.87 bits per heavy atom. The second kappa shape index (κ2) is 6.31. The van der Waals surface area contributed by atoms with Crippen molar-refractivity contribution in [3.05, 3.63) is 29.8 Å². The molecule has 1 aliphatic heterocycles. The van der Waals surface area contributed by atoms with E-state index in [9.17, 15) is 18.0 Å². The zero-order chi connectivity index (χ0) is 17.3. The molecule has 1 aromatic carbocycles. The number of nitrogens with zero attached hydrogens (tertiary/aromatic N) is 1. The van der Waals surface area contributed by atoms with Gasteiger partial charge >= 0.3 is 0 Å². The number of carbonyl (C=O) groups excluding carboxylic acids is 2. The van der Waals surface area contributed by atoms with Crippen LogP contribution in [-0.2, 0) is 19.6 Å². The Labute approximate surface area is 136 Å². The van der Waals surface area contributed by atoms with Crippen LogP contribution in [0.3, 0.4) is 0 Å². The average molecular weight is 338 g/mol. The van der Waals surface area contributed by atoms with E-state index in [1.54, 1.807) is 19.1 Å². The first-order valence-corrected chi connectivity index (χ1v) is 9.13. The first-order chi connectivity index (χ1) is 10.7. The zero-order valence-corrected chi connectivity index (χ0v) is 14.4. The Balaban J connectivity index is 2.14. The standard InChI is InChI=1S/C16H22N2O4S/c1-4-5-14(19)18-11-10-16(18,3)15(20)17-23(21,22)13-8-6-12(2)7-9-13/h6-9H,4-5,10-11H2,1-3H3,(H,17,20). The molecule has 1 aliphatic rings. The van der Waals surface area contributed by atoms with Gasteiger partial charge in [0.1, 0.15) is 5.54 Å². The van der Waals surface area contributed by atoms with Crippen molar-refractivity contribution in [1.29, 1.82) is 0 Å². The first kappa shape index (κ1) is 17.5. The molecule has 0 aliphatic carbocycles. The molecule has 1 N–H and O–H groups in total. The first-order valence-electron chi connectivity index (χ1n) is 7.65. The lowest BCUT2D eigenvalue weighted by Crippen LogP contribution is -2.67. The smallest absolute Gasteiger partial charge is 0.264 e. The van der Waals surface area contributed by atoms with E-state index in [1.807, 2.05) is 13.8 Å². The van der Waals surface area contributed by atoms with Crippen LogP contribution >= 0.6 is 0 Å². The molecule has 1 aromatic rings. The van der Waals surface area contributed by atoms with Crippen LogP contribution in [0, 0.1) is 6.92 Å². The summed E-state index contributed by atoms with van der Waals surface area (Å²) < 4.78 is 26.7. The molecule has 0 bridgehead atoms. The van der Waals surface area contributed by atoms with Gasteiger partial charge in [-0.1, -0.05) is 24.6 Å². The van der Waals surface area contributed by atoms with Gasteiger partial charge in [-0.25, -0.2) is 13.1 Å². The lowest BCUT2D eigenvalue weighted by atomic mass is 9.85. The number of carbonyl (C=O) groups is 2. The summed E-state index contributed by atoms with van der Waals surface area (Å²) in [7, 11) is -3.93. The number of sulfonamides is 1. The summed E-state index contributed by atoms with van der Waals surface area (Å²) in [5.74, 6) is -0.780. The van der Waals surface area contributed by atoms with Crippen LogP contribution in [0.4, 0.5) is 0 Å². The molecule has 6 nitrogen and oxygen atoms in total. The van der Waals surface area contributed by atoms with E-state index in [1.165, 1.54) is 17.0 Å². The SMILES string of the molecule is CCCC(=O)N1CCC1(C)C(=O)NS(=O)(=O)c1ccc(C)cc1. The number of amides is 2. The van der Waals surface area contributed by atoms with Crippen molar-refractivity contribution in [2.24, 2.45) is 0 Å². The molecule has 1 fully saturated rings. The number of hydrogen-bond acceptors (Lipinski definition) is 4. The molecule has 1 heterocycles. The minimum Gasteiger partial charge on any atom is -0.328 e. The summed E-state index contributed by atoms with van der Waals surface area (Å²) in [6.07, 6.45) is 1.50. The predicted octanol–water partition coefficient (Wildman–Crippen LogP) is 1.59. The fourth-order valence-electron chi connectivity index (χ4n) is 2.55. The van der Waals surface area contributed by atoms with Crippen molar-refractivity contribution >= 4 is 21.8 Å². The number of nitrogens with one attached hydrogen (secondary N) is 1. The molecule has 2 amide bonds. The molecule has 1 atom stereocenters. The second-order valence-corrected chi connectivity index (χ2v) is 7.75. The topological polar surface area (TPSA) is 83.6 Å². The number of benzene rings is 1. The largest absolute Gasteiger partial charge is 0.328 e. The molecule has 1 saturated heterocycles. The van der Waals surface area contributed by atoms with Crippen LogP contribution < -0.4 is 4.72 Å². The van der Waals surface area contributed by atoms with Gasteiger partial charge in [0.2, 0.25) is 5.91 Å². The lowest BCUT2D eigenvalue weighted by molar-refractivity contribution is -0.156. The average Bonchev–Trinajstić information content (AvgIpc) is 2.45. The summed E-state index contributed by atoms with van der Waals surface area (Å²) in [4.78, 5) is 25.9. The van der Waals surface area contributed by atoms with Crippen LogP contribution in [-0.4, -0.2) is 37.2 Å². The van der Waals surface area contributed by atoms with Crippen LogP contribution in [0.5, 0.6) is 0 Å². The van der Waals surface area contributed by atoms with Gasteiger partial charge in [0.05, 0.1) is 4.90 Å². The van der Waals surface area contributed by atoms with Crippen molar-refractivity contribution in [3.8, 4) is 0 Å². The van der Waals surface area contributed by atoms with E-state index >= 15 is 0 Å². The van der Waals surface area contributed by atoms with Gasteiger partial charge in [-0.05, 0) is 38.8 Å². The molecule has 0 saturated carbocycles. The third-order valence-electron chi connectivity index (χ3n) is 4.23. The highest BCUT2D eigenvalue weighted by Gasteiger charge is 2.50. The van der Waals surface area contributed by atoms with Gasteiger partial charge in [0.25, 0.3) is 15.9 Å². The van der Waals surface area contributed by atoms with Crippen molar-refractivity contribution in [1.82, 2.24) is 9.62 Å². The van der Waals surface area contributed by atoms with Crippen molar-refractivity contribution in [2.45, 2.75) is 50.5 Å². The van der Waals surface area contributed by atoms with E-state index in [4.69, 9.17) is 0 Å². The fraction of sp³-hybridized carbons (Fsp3) is 0.500. The molecular weight excluding hydrogens is 316 g/mol. The van der Waals surface area contributed by atoms with Gasteiger partial charge in [0, 0.05) is 13.0 Å². The van der Waals surface area contributed by atoms with E-state index in [0.29, 0.717) is 25.8 Å². The second-order valence-electron chi connectivity index (χ2n) is 6.07. The Morgan fingerprint density at radius 3 is 2.35 bits per heavy atom. The maximum absolute atomic E-state index is 12.4. The fourth-order valence-corrected chi connectivity index (χ4v) is 3.63. The van der Waals surface area contributed by atoms with Gasteiger partial charge in [-0.2, -0.15) is 0 Å². The summed E-state index contributed by atoms with van der Waals surface area (Å²) >= 11 is 0. The van der Waals surface area contributed by atoms with Crippen LogP contribution in [0.2, 0.25) is 0 Å². The Hall–Kier alpha value is -1.89. The Bertz CT molecular complexity index is 712. The normalized spacial score (nSPS) is 20.7. The third kappa shape index (κ3) is 3.39. The van der Waals surface area contributed by atoms with Crippen molar-refractivity contribution in [2.75, 3.05) is 6.54 Å². The highest BCUT2D eigenvalue weighted by atomic mass is 32.2. The number of aryl methyl sites for hydroxylation is 1. The highest BCUT2D eigenvalue weighted by molar-refractivity contribution is 7.90.